The summed E-state index contributed by atoms with van der Waals surface area (Å²) < 4.78 is 0. The summed E-state index contributed by atoms with van der Waals surface area (Å²) >= 11 is 0. The highest BCUT2D eigenvalue weighted by atomic mass is 16.8. The number of carbonyl (C=O) groups excluding carboxylic acids is 1. The summed E-state index contributed by atoms with van der Waals surface area (Å²) in [7, 11) is 0. The number of rotatable bonds is 2. The van der Waals surface area contributed by atoms with Gasteiger partial charge >= 0.3 is 0 Å². The van der Waals surface area contributed by atoms with Crippen LogP contribution in [0.5, 0.6) is 0 Å². The Hall–Kier alpha value is -0.710. The van der Waals surface area contributed by atoms with Gasteiger partial charge in [0.05, 0.1) is 0 Å². The molecule has 134 valence electrons. The van der Waals surface area contributed by atoms with E-state index in [9.17, 15) is 10.0 Å². The Morgan fingerprint density at radius 2 is 2.04 bits per heavy atom. The van der Waals surface area contributed by atoms with Gasteiger partial charge in [0.1, 0.15) is 12.3 Å². The third-order valence-corrected chi connectivity index (χ3v) is 8.49. The molecule has 24 heavy (non-hydrogen) atoms. The monoisotopic (exact) mass is 333 g/mol. The molecule has 0 aliphatic heterocycles. The van der Waals surface area contributed by atoms with Crippen LogP contribution in [0, 0.1) is 39.7 Å². The van der Waals surface area contributed by atoms with Crippen molar-refractivity contribution < 1.29 is 15.2 Å². The number of ketones is 1. The molecule has 4 aliphatic carbocycles. The van der Waals surface area contributed by atoms with E-state index in [0.29, 0.717) is 29.0 Å². The molecule has 4 aliphatic rings. The molecule has 0 radical (unpaired) electrons. The molecule has 3 fully saturated rings. The van der Waals surface area contributed by atoms with Crippen LogP contribution < -0.4 is 5.23 Å². The van der Waals surface area contributed by atoms with Crippen molar-refractivity contribution >= 4 is 5.78 Å². The zero-order valence-corrected chi connectivity index (χ0v) is 15.0. The molecule has 0 heterocycles. The standard InChI is InChI=1S/C20H31NO3/c1-19-9-7-13(12-21(23)24)11-14(19)3-4-15-16-5-6-18(22)20(16,2)10-8-17(15)19/h7,14-17,21,23H,3-6,8-12H2,1-2H3/t14-,15-,16-,17+,19-,20-/m0/s1. The summed E-state index contributed by atoms with van der Waals surface area (Å²) in [6.07, 6.45) is 10.9. The van der Waals surface area contributed by atoms with E-state index in [2.05, 4.69) is 19.9 Å². The maximum Gasteiger partial charge on any atom is 0.139 e. The minimum Gasteiger partial charge on any atom is -0.600 e. The highest BCUT2D eigenvalue weighted by Gasteiger charge is 2.59. The molecule has 4 nitrogen and oxygen atoms in total. The Balaban J connectivity index is 1.58. The first-order valence-electron chi connectivity index (χ1n) is 9.77. The van der Waals surface area contributed by atoms with Gasteiger partial charge in [-0.3, -0.25) is 4.79 Å². The average Bonchev–Trinajstić information content (AvgIpc) is 2.83. The molecule has 3 saturated carbocycles. The minimum atomic E-state index is -0.698. The van der Waals surface area contributed by atoms with Crippen LogP contribution in [0.25, 0.3) is 0 Å². The number of hydroxylamine groups is 2. The normalized spacial score (nSPS) is 49.0. The van der Waals surface area contributed by atoms with Crippen LogP contribution in [-0.2, 0) is 4.79 Å². The Kier molecular flexibility index (Phi) is 3.94. The maximum atomic E-state index is 12.4. The molecule has 0 bridgehead atoms. The highest BCUT2D eigenvalue weighted by molar-refractivity contribution is 5.87. The number of fused-ring (bicyclic) bond motifs is 5. The average molecular weight is 333 g/mol. The molecule has 7 atom stereocenters. The molecular weight excluding hydrogens is 302 g/mol. The Morgan fingerprint density at radius 3 is 2.79 bits per heavy atom. The summed E-state index contributed by atoms with van der Waals surface area (Å²) in [5, 5.41) is 19.5. The van der Waals surface area contributed by atoms with Gasteiger partial charge in [-0.25, -0.2) is 10.4 Å². The quantitative estimate of drug-likeness (QED) is 0.603. The van der Waals surface area contributed by atoms with Gasteiger partial charge in [0.2, 0.25) is 0 Å². The Labute approximate surface area is 144 Å². The van der Waals surface area contributed by atoms with E-state index in [4.69, 9.17) is 5.21 Å². The van der Waals surface area contributed by atoms with Gasteiger partial charge in [-0.1, -0.05) is 19.9 Å². The summed E-state index contributed by atoms with van der Waals surface area (Å²) in [6.45, 7) is 4.92. The fraction of sp³-hybridized carbons (Fsp3) is 0.850. The van der Waals surface area contributed by atoms with Crippen LogP contribution >= 0.6 is 0 Å². The van der Waals surface area contributed by atoms with Crippen LogP contribution in [-0.4, -0.2) is 17.5 Å². The Morgan fingerprint density at radius 1 is 1.25 bits per heavy atom. The van der Waals surface area contributed by atoms with Gasteiger partial charge in [0.15, 0.2) is 0 Å². The lowest BCUT2D eigenvalue weighted by Crippen LogP contribution is -3.04. The first kappa shape index (κ1) is 16.7. The molecule has 1 unspecified atom stereocenters. The molecule has 2 N–H and O–H groups in total. The van der Waals surface area contributed by atoms with Crippen LogP contribution in [0.15, 0.2) is 11.6 Å². The smallest absolute Gasteiger partial charge is 0.139 e. The van der Waals surface area contributed by atoms with E-state index in [0.717, 1.165) is 43.6 Å². The number of Topliss-reactive ketones (excluding diaryl/α,β-unsaturated/α-hetero) is 1. The van der Waals surface area contributed by atoms with E-state index < -0.39 is 5.23 Å². The van der Waals surface area contributed by atoms with Crippen molar-refractivity contribution in [3.8, 4) is 0 Å². The predicted octanol–water partition coefficient (Wildman–Crippen LogP) is 2.91. The SMILES string of the molecule is C[C@]12CC=C(C[NH+]([O-])O)C[C@@H]1CC[C@@H]1[C@H]2CC[C@]2(C)C(=O)CC[C@@H]12. The van der Waals surface area contributed by atoms with Crippen molar-refractivity contribution in [2.24, 2.45) is 34.5 Å². The summed E-state index contributed by atoms with van der Waals surface area (Å²) in [5.74, 6) is 3.20. The van der Waals surface area contributed by atoms with Crippen molar-refractivity contribution in [2.75, 3.05) is 6.54 Å². The van der Waals surface area contributed by atoms with Gasteiger partial charge in [0.25, 0.3) is 0 Å². The molecule has 0 aromatic carbocycles. The summed E-state index contributed by atoms with van der Waals surface area (Å²) in [4.78, 5) is 12.4. The topological polar surface area (TPSA) is 64.8 Å². The fourth-order valence-electron chi connectivity index (χ4n) is 7.06. The molecule has 0 saturated heterocycles. The van der Waals surface area contributed by atoms with Crippen molar-refractivity contribution in [1.29, 1.82) is 0 Å². The lowest BCUT2D eigenvalue weighted by molar-refractivity contribution is -1.04. The van der Waals surface area contributed by atoms with E-state index >= 15 is 0 Å². The summed E-state index contributed by atoms with van der Waals surface area (Å²) in [5.41, 5.74) is 1.42. The zero-order chi connectivity index (χ0) is 17.1. The third kappa shape index (κ3) is 2.33. The molecular formula is C20H31NO3. The lowest BCUT2D eigenvalue weighted by Gasteiger charge is -2.59. The number of quaternary nitrogens is 1. The van der Waals surface area contributed by atoms with Crippen molar-refractivity contribution in [3.63, 3.8) is 0 Å². The minimum absolute atomic E-state index is 0.0384. The summed E-state index contributed by atoms with van der Waals surface area (Å²) in [6, 6.07) is 0. The molecule has 4 heteroatoms. The fourth-order valence-corrected chi connectivity index (χ4v) is 7.06. The van der Waals surface area contributed by atoms with Crippen molar-refractivity contribution in [1.82, 2.24) is 0 Å². The number of hydrogen-bond acceptors (Lipinski definition) is 3. The van der Waals surface area contributed by atoms with Crippen LogP contribution in [0.1, 0.15) is 65.2 Å². The molecule has 0 aromatic rings. The maximum absolute atomic E-state index is 12.4. The second-order valence-corrected chi connectivity index (χ2v) is 9.42. The Bertz CT molecular complexity index is 571. The van der Waals surface area contributed by atoms with Gasteiger partial charge in [-0.15, -0.1) is 0 Å². The number of hydrogen-bond donors (Lipinski definition) is 2. The second kappa shape index (κ2) is 5.65. The largest absolute Gasteiger partial charge is 0.600 e. The molecule has 0 amide bonds. The predicted molar refractivity (Wildman–Crippen MR) is 91.2 cm³/mol. The van der Waals surface area contributed by atoms with E-state index in [-0.39, 0.29) is 12.0 Å². The van der Waals surface area contributed by atoms with Crippen molar-refractivity contribution in [2.45, 2.75) is 65.2 Å². The van der Waals surface area contributed by atoms with E-state index in [1.807, 2.05) is 0 Å². The van der Waals surface area contributed by atoms with E-state index in [1.165, 1.54) is 19.3 Å². The van der Waals surface area contributed by atoms with Crippen LogP contribution in [0.3, 0.4) is 0 Å². The first-order chi connectivity index (χ1) is 11.3. The molecule has 4 rings (SSSR count). The second-order valence-electron chi connectivity index (χ2n) is 9.42. The lowest BCUT2D eigenvalue weighted by atomic mass is 9.45. The van der Waals surface area contributed by atoms with Gasteiger partial charge in [-0.2, -0.15) is 0 Å². The van der Waals surface area contributed by atoms with Gasteiger partial charge < -0.3 is 5.21 Å². The zero-order valence-electron chi connectivity index (χ0n) is 15.0. The number of nitrogens with one attached hydrogen (secondary N) is 1. The van der Waals surface area contributed by atoms with Crippen LogP contribution in [0.4, 0.5) is 0 Å². The molecule has 0 aromatic heterocycles. The number of allylic oxidation sites excluding steroid dienone is 1. The van der Waals surface area contributed by atoms with E-state index in [1.54, 1.807) is 0 Å². The molecule has 0 spiro atoms. The van der Waals surface area contributed by atoms with Gasteiger partial charge in [0, 0.05) is 11.8 Å². The van der Waals surface area contributed by atoms with Crippen LogP contribution in [0.2, 0.25) is 0 Å². The van der Waals surface area contributed by atoms with Gasteiger partial charge in [-0.05, 0) is 79.6 Å². The highest BCUT2D eigenvalue weighted by Crippen LogP contribution is 2.65. The number of carbonyl (C=O) groups is 1. The third-order valence-electron chi connectivity index (χ3n) is 8.49. The van der Waals surface area contributed by atoms with Crippen molar-refractivity contribution in [3.05, 3.63) is 16.9 Å². The first-order valence-corrected chi connectivity index (χ1v) is 9.77.